The predicted molar refractivity (Wildman–Crippen MR) is 76.7 cm³/mol. The van der Waals surface area contributed by atoms with Crippen LogP contribution in [0.2, 0.25) is 0 Å². The number of aliphatic hydroxyl groups is 3. The number of esters is 1. The molecule has 0 bridgehead atoms. The maximum atomic E-state index is 12.1. The summed E-state index contributed by atoms with van der Waals surface area (Å²) in [5.74, 6) is -0.709. The van der Waals surface area contributed by atoms with Gasteiger partial charge in [-0.2, -0.15) is 0 Å². The van der Waals surface area contributed by atoms with Gasteiger partial charge < -0.3 is 35.3 Å². The van der Waals surface area contributed by atoms with Gasteiger partial charge in [0.15, 0.2) is 12.4 Å². The van der Waals surface area contributed by atoms with E-state index in [0.717, 1.165) is 0 Å². The van der Waals surface area contributed by atoms with E-state index in [1.54, 1.807) is 0 Å². The molecule has 0 aliphatic carbocycles. The van der Waals surface area contributed by atoms with Gasteiger partial charge in [0.2, 0.25) is 0 Å². The van der Waals surface area contributed by atoms with Gasteiger partial charge in [0.1, 0.15) is 24.4 Å². The summed E-state index contributed by atoms with van der Waals surface area (Å²) >= 11 is 0. The summed E-state index contributed by atoms with van der Waals surface area (Å²) in [6, 6.07) is -0.864. The standard InChI is InChI=1S/C14H27NO7/c1-14(2,3)5-7(15)12(19)22-11-10(18)9(17)8(6-16)21-13(11)20-4/h7-11,13,16-18H,5-6,15H2,1-4H3/t7-,8+,9+,10-,11+,13-/m0/s1. The van der Waals surface area contributed by atoms with Crippen LogP contribution in [-0.4, -0.2) is 71.8 Å². The van der Waals surface area contributed by atoms with Gasteiger partial charge in [-0.1, -0.05) is 20.8 Å². The molecule has 0 amide bonds. The predicted octanol–water partition coefficient (Wildman–Crippen LogP) is -1.25. The highest BCUT2D eigenvalue weighted by molar-refractivity contribution is 5.75. The van der Waals surface area contributed by atoms with Crippen molar-refractivity contribution in [3.63, 3.8) is 0 Å². The Kier molecular flexibility index (Phi) is 6.72. The van der Waals surface area contributed by atoms with Gasteiger partial charge >= 0.3 is 5.97 Å². The summed E-state index contributed by atoms with van der Waals surface area (Å²) in [7, 11) is 1.31. The van der Waals surface area contributed by atoms with Crippen molar-refractivity contribution in [2.45, 2.75) is 63.9 Å². The van der Waals surface area contributed by atoms with Gasteiger partial charge in [0, 0.05) is 7.11 Å². The molecule has 1 saturated heterocycles. The van der Waals surface area contributed by atoms with E-state index in [9.17, 15) is 15.0 Å². The smallest absolute Gasteiger partial charge is 0.323 e. The van der Waals surface area contributed by atoms with Crippen LogP contribution in [0.15, 0.2) is 0 Å². The summed E-state index contributed by atoms with van der Waals surface area (Å²) in [6.07, 6.45) is -5.77. The van der Waals surface area contributed by atoms with Crippen LogP contribution in [-0.2, 0) is 19.0 Å². The van der Waals surface area contributed by atoms with Crippen LogP contribution in [0.1, 0.15) is 27.2 Å². The monoisotopic (exact) mass is 321 g/mol. The molecule has 0 unspecified atom stereocenters. The Morgan fingerprint density at radius 2 is 1.91 bits per heavy atom. The molecule has 22 heavy (non-hydrogen) atoms. The van der Waals surface area contributed by atoms with E-state index in [2.05, 4.69) is 0 Å². The maximum Gasteiger partial charge on any atom is 0.323 e. The van der Waals surface area contributed by atoms with Crippen molar-refractivity contribution in [1.82, 2.24) is 0 Å². The van der Waals surface area contributed by atoms with Crippen molar-refractivity contribution in [1.29, 1.82) is 0 Å². The molecule has 0 aromatic heterocycles. The molecule has 1 rings (SSSR count). The molecule has 0 saturated carbocycles. The molecule has 1 aliphatic rings. The number of nitrogens with two attached hydrogens (primary N) is 1. The number of hydrogen-bond donors (Lipinski definition) is 4. The normalized spacial score (nSPS) is 34.3. The van der Waals surface area contributed by atoms with Crippen molar-refractivity contribution in [3.05, 3.63) is 0 Å². The van der Waals surface area contributed by atoms with Gasteiger partial charge in [0.05, 0.1) is 6.61 Å². The Morgan fingerprint density at radius 3 is 2.36 bits per heavy atom. The third-order valence-electron chi connectivity index (χ3n) is 3.44. The zero-order valence-electron chi connectivity index (χ0n) is 13.4. The first-order valence-corrected chi connectivity index (χ1v) is 7.22. The molecular formula is C14H27NO7. The molecule has 130 valence electrons. The average molecular weight is 321 g/mol. The highest BCUT2D eigenvalue weighted by atomic mass is 16.7. The van der Waals surface area contributed by atoms with Gasteiger partial charge in [-0.05, 0) is 11.8 Å². The minimum Gasteiger partial charge on any atom is -0.453 e. The van der Waals surface area contributed by atoms with Gasteiger partial charge in [0.25, 0.3) is 0 Å². The summed E-state index contributed by atoms with van der Waals surface area (Å²) in [5.41, 5.74) is 5.64. The number of hydrogen-bond acceptors (Lipinski definition) is 8. The zero-order valence-corrected chi connectivity index (χ0v) is 13.4. The fourth-order valence-electron chi connectivity index (χ4n) is 2.34. The minimum atomic E-state index is -1.44. The summed E-state index contributed by atoms with van der Waals surface area (Å²) in [6.45, 7) is 5.31. The SMILES string of the molecule is CO[C@H]1O[C@H](CO)[C@@H](O)[C@H](O)[C@H]1OC(=O)[C@@H](N)CC(C)(C)C. The number of carbonyl (C=O) groups is 1. The Labute approximate surface area is 130 Å². The molecule has 8 heteroatoms. The van der Waals surface area contributed by atoms with Crippen molar-refractivity contribution in [2.75, 3.05) is 13.7 Å². The second-order valence-corrected chi connectivity index (χ2v) is 6.72. The second kappa shape index (κ2) is 7.67. The fraction of sp³-hybridized carbons (Fsp3) is 0.929. The Hall–Kier alpha value is -0.770. The van der Waals surface area contributed by atoms with Crippen molar-refractivity contribution >= 4 is 5.97 Å². The molecular weight excluding hydrogens is 294 g/mol. The molecule has 8 nitrogen and oxygen atoms in total. The molecule has 5 N–H and O–H groups in total. The summed E-state index contributed by atoms with van der Waals surface area (Å²) < 4.78 is 15.4. The van der Waals surface area contributed by atoms with Crippen LogP contribution >= 0.6 is 0 Å². The first-order valence-electron chi connectivity index (χ1n) is 7.22. The summed E-state index contributed by atoms with van der Waals surface area (Å²) in [4.78, 5) is 12.1. The van der Waals surface area contributed by atoms with Crippen LogP contribution in [0.4, 0.5) is 0 Å². The van der Waals surface area contributed by atoms with E-state index < -0.39 is 49.3 Å². The van der Waals surface area contributed by atoms with Crippen LogP contribution in [0, 0.1) is 5.41 Å². The quantitative estimate of drug-likeness (QED) is 0.462. The Balaban J connectivity index is 2.75. The molecule has 1 aliphatic heterocycles. The third kappa shape index (κ3) is 4.87. The second-order valence-electron chi connectivity index (χ2n) is 6.72. The van der Waals surface area contributed by atoms with Crippen molar-refractivity contribution < 1.29 is 34.3 Å². The number of aliphatic hydroxyl groups excluding tert-OH is 3. The number of carbonyl (C=O) groups excluding carboxylic acids is 1. The van der Waals surface area contributed by atoms with Gasteiger partial charge in [-0.25, -0.2) is 0 Å². The van der Waals surface area contributed by atoms with Crippen LogP contribution < -0.4 is 5.73 Å². The molecule has 1 fully saturated rings. The molecule has 0 aromatic rings. The van der Waals surface area contributed by atoms with Gasteiger partial charge in [-0.3, -0.25) is 4.79 Å². The van der Waals surface area contributed by atoms with E-state index in [1.165, 1.54) is 7.11 Å². The molecule has 0 spiro atoms. The number of rotatable bonds is 5. The molecule has 1 heterocycles. The van der Waals surface area contributed by atoms with Crippen molar-refractivity contribution in [3.8, 4) is 0 Å². The van der Waals surface area contributed by atoms with Crippen LogP contribution in [0.25, 0.3) is 0 Å². The first-order chi connectivity index (χ1) is 10.1. The third-order valence-corrected chi connectivity index (χ3v) is 3.44. The fourth-order valence-corrected chi connectivity index (χ4v) is 2.34. The molecule has 6 atom stereocenters. The van der Waals surface area contributed by atoms with E-state index in [-0.39, 0.29) is 5.41 Å². The molecule has 0 aromatic carbocycles. The van der Waals surface area contributed by atoms with Gasteiger partial charge in [-0.15, -0.1) is 0 Å². The highest BCUT2D eigenvalue weighted by Gasteiger charge is 2.47. The highest BCUT2D eigenvalue weighted by Crippen LogP contribution is 2.25. The molecule has 0 radical (unpaired) electrons. The van der Waals surface area contributed by atoms with Crippen molar-refractivity contribution in [2.24, 2.45) is 11.1 Å². The topological polar surface area (TPSA) is 131 Å². The summed E-state index contributed by atoms with van der Waals surface area (Å²) in [5, 5.41) is 29.0. The Morgan fingerprint density at radius 1 is 1.32 bits per heavy atom. The van der Waals surface area contributed by atoms with E-state index in [4.69, 9.17) is 25.1 Å². The lowest BCUT2D eigenvalue weighted by Gasteiger charge is -2.41. The average Bonchev–Trinajstić information content (AvgIpc) is 2.42. The lowest BCUT2D eigenvalue weighted by molar-refractivity contribution is -0.298. The lowest BCUT2D eigenvalue weighted by Crippen LogP contribution is -2.60. The van der Waals surface area contributed by atoms with Crippen LogP contribution in [0.3, 0.4) is 0 Å². The van der Waals surface area contributed by atoms with E-state index in [0.29, 0.717) is 6.42 Å². The zero-order chi connectivity index (χ0) is 17.1. The largest absolute Gasteiger partial charge is 0.453 e. The van der Waals surface area contributed by atoms with Crippen LogP contribution in [0.5, 0.6) is 0 Å². The van der Waals surface area contributed by atoms with E-state index >= 15 is 0 Å². The lowest BCUT2D eigenvalue weighted by atomic mass is 9.88. The number of ether oxygens (including phenoxy) is 3. The number of methoxy groups -OCH3 is 1. The van der Waals surface area contributed by atoms with E-state index in [1.807, 2.05) is 20.8 Å². The minimum absolute atomic E-state index is 0.164. The Bertz CT molecular complexity index is 369. The maximum absolute atomic E-state index is 12.1. The first kappa shape index (κ1) is 19.3.